The first-order valence-corrected chi connectivity index (χ1v) is 7.18. The van der Waals surface area contributed by atoms with E-state index in [4.69, 9.17) is 5.11 Å². The Balaban J connectivity index is 1.93. The fourth-order valence-corrected chi connectivity index (χ4v) is 5.83. The van der Waals surface area contributed by atoms with Gasteiger partial charge in [0.2, 0.25) is 0 Å². The molecule has 4 aliphatic carbocycles. The lowest BCUT2D eigenvalue weighted by Gasteiger charge is -2.65. The summed E-state index contributed by atoms with van der Waals surface area (Å²) in [6.45, 7) is 4.10. The first kappa shape index (κ1) is 12.5. The summed E-state index contributed by atoms with van der Waals surface area (Å²) in [5.74, 6) is 0.564. The van der Waals surface area contributed by atoms with E-state index >= 15 is 0 Å². The Morgan fingerprint density at radius 2 is 1.83 bits per heavy atom. The molecule has 0 saturated heterocycles. The molecule has 3 atom stereocenters. The topological polar surface area (TPSA) is 57.5 Å². The van der Waals surface area contributed by atoms with Gasteiger partial charge in [0.05, 0.1) is 12.0 Å². The van der Waals surface area contributed by atoms with Crippen molar-refractivity contribution in [2.75, 3.05) is 0 Å². The summed E-state index contributed by atoms with van der Waals surface area (Å²) in [6.07, 6.45) is 6.87. The molecular formula is C15H24O3. The maximum absolute atomic E-state index is 11.0. The molecular weight excluding hydrogens is 228 g/mol. The van der Waals surface area contributed by atoms with E-state index in [0.29, 0.717) is 5.41 Å². The third-order valence-electron chi connectivity index (χ3n) is 5.99. The Hall–Kier alpha value is -0.570. The first-order valence-electron chi connectivity index (χ1n) is 7.18. The second-order valence-electron chi connectivity index (χ2n) is 7.90. The molecule has 4 fully saturated rings. The van der Waals surface area contributed by atoms with Crippen molar-refractivity contribution in [3.05, 3.63) is 0 Å². The zero-order valence-corrected chi connectivity index (χ0v) is 11.4. The minimum Gasteiger partial charge on any atom is -0.481 e. The van der Waals surface area contributed by atoms with Crippen molar-refractivity contribution in [1.82, 2.24) is 0 Å². The second kappa shape index (κ2) is 3.50. The van der Waals surface area contributed by atoms with Crippen LogP contribution in [0.2, 0.25) is 0 Å². The van der Waals surface area contributed by atoms with E-state index in [-0.39, 0.29) is 11.8 Å². The number of carboxylic acids is 1. The maximum atomic E-state index is 11.0. The van der Waals surface area contributed by atoms with Crippen LogP contribution in [0.1, 0.15) is 58.8 Å². The number of hydrogen-bond acceptors (Lipinski definition) is 2. The highest BCUT2D eigenvalue weighted by molar-refractivity contribution is 5.68. The van der Waals surface area contributed by atoms with Crippen LogP contribution >= 0.6 is 0 Å². The van der Waals surface area contributed by atoms with Crippen LogP contribution in [0.4, 0.5) is 0 Å². The molecule has 0 aromatic carbocycles. The fourth-order valence-electron chi connectivity index (χ4n) is 5.83. The van der Waals surface area contributed by atoms with Gasteiger partial charge in [0, 0.05) is 5.41 Å². The number of carbonyl (C=O) groups is 1. The van der Waals surface area contributed by atoms with Crippen molar-refractivity contribution in [3.63, 3.8) is 0 Å². The monoisotopic (exact) mass is 252 g/mol. The maximum Gasteiger partial charge on any atom is 0.306 e. The van der Waals surface area contributed by atoms with Crippen molar-refractivity contribution >= 4 is 5.97 Å². The van der Waals surface area contributed by atoms with Gasteiger partial charge in [-0.1, -0.05) is 6.92 Å². The second-order valence-corrected chi connectivity index (χ2v) is 7.90. The molecule has 3 nitrogen and oxygen atoms in total. The smallest absolute Gasteiger partial charge is 0.306 e. The molecule has 3 unspecified atom stereocenters. The van der Waals surface area contributed by atoms with Gasteiger partial charge in [0.15, 0.2) is 0 Å². The average Bonchev–Trinajstić information content (AvgIpc) is 2.10. The Labute approximate surface area is 109 Å². The summed E-state index contributed by atoms with van der Waals surface area (Å²) < 4.78 is 0. The predicted molar refractivity (Wildman–Crippen MR) is 68.1 cm³/mol. The summed E-state index contributed by atoms with van der Waals surface area (Å²) in [5.41, 5.74) is -0.825. The van der Waals surface area contributed by atoms with Crippen molar-refractivity contribution in [2.45, 2.75) is 64.4 Å². The molecule has 18 heavy (non-hydrogen) atoms. The summed E-state index contributed by atoms with van der Waals surface area (Å²) >= 11 is 0. The van der Waals surface area contributed by atoms with Crippen LogP contribution in [0.15, 0.2) is 0 Å². The Kier molecular flexibility index (Phi) is 2.42. The molecule has 2 N–H and O–H groups in total. The van der Waals surface area contributed by atoms with Crippen LogP contribution in [0, 0.1) is 22.7 Å². The van der Waals surface area contributed by atoms with Crippen LogP contribution in [0.5, 0.6) is 0 Å². The Morgan fingerprint density at radius 3 is 2.28 bits per heavy atom. The summed E-state index contributed by atoms with van der Waals surface area (Å²) in [4.78, 5) is 11.0. The molecule has 0 heterocycles. The lowest BCUT2D eigenvalue weighted by Crippen LogP contribution is -2.60. The molecule has 102 valence electrons. The number of carboxylic acid groups (broad SMARTS) is 1. The van der Waals surface area contributed by atoms with E-state index in [1.165, 1.54) is 19.3 Å². The number of aliphatic hydroxyl groups is 1. The van der Waals surface area contributed by atoms with Gasteiger partial charge >= 0.3 is 5.97 Å². The number of aliphatic carboxylic acids is 1. The average molecular weight is 252 g/mol. The third kappa shape index (κ3) is 1.70. The van der Waals surface area contributed by atoms with Crippen LogP contribution in [0.3, 0.4) is 0 Å². The largest absolute Gasteiger partial charge is 0.481 e. The van der Waals surface area contributed by atoms with Gasteiger partial charge in [-0.15, -0.1) is 0 Å². The molecule has 3 heteroatoms. The first-order chi connectivity index (χ1) is 8.24. The molecule has 0 spiro atoms. The third-order valence-corrected chi connectivity index (χ3v) is 5.99. The van der Waals surface area contributed by atoms with E-state index in [1.54, 1.807) is 6.92 Å². The van der Waals surface area contributed by atoms with E-state index < -0.39 is 11.6 Å². The Bertz CT molecular complexity index is 371. The van der Waals surface area contributed by atoms with E-state index in [0.717, 1.165) is 31.1 Å². The van der Waals surface area contributed by atoms with Crippen LogP contribution in [-0.2, 0) is 4.79 Å². The molecule has 4 saturated carbocycles. The molecule has 4 bridgehead atoms. The van der Waals surface area contributed by atoms with Crippen molar-refractivity contribution in [3.8, 4) is 0 Å². The lowest BCUT2D eigenvalue weighted by molar-refractivity contribution is -0.201. The van der Waals surface area contributed by atoms with Gasteiger partial charge in [-0.25, -0.2) is 0 Å². The standard InChI is InChI=1S/C15H24O3/c1-13-4-10-3-11(5-13)7-15(6-10,9-13)14(2,18)8-12(16)17/h10-11,18H,3-9H2,1-2H3,(H,16,17). The molecule has 0 aliphatic heterocycles. The molecule has 0 amide bonds. The molecule has 4 rings (SSSR count). The quantitative estimate of drug-likeness (QED) is 0.812. The highest BCUT2D eigenvalue weighted by Crippen LogP contribution is 2.68. The van der Waals surface area contributed by atoms with Crippen LogP contribution < -0.4 is 0 Å². The molecule has 0 aromatic heterocycles. The van der Waals surface area contributed by atoms with Crippen molar-refractivity contribution in [1.29, 1.82) is 0 Å². The summed E-state index contributed by atoms with van der Waals surface area (Å²) in [5, 5.41) is 19.8. The summed E-state index contributed by atoms with van der Waals surface area (Å²) in [6, 6.07) is 0. The molecule has 0 aromatic rings. The van der Waals surface area contributed by atoms with Gasteiger partial charge in [0.1, 0.15) is 0 Å². The van der Waals surface area contributed by atoms with Crippen molar-refractivity contribution < 1.29 is 15.0 Å². The summed E-state index contributed by atoms with van der Waals surface area (Å²) in [7, 11) is 0. The van der Waals surface area contributed by atoms with Gasteiger partial charge in [-0.05, 0) is 62.7 Å². The number of hydrogen-bond donors (Lipinski definition) is 2. The van der Waals surface area contributed by atoms with E-state index in [9.17, 15) is 9.90 Å². The SMILES string of the molecule is CC12CC3CC(C1)CC(C(C)(O)CC(=O)O)(C3)C2. The fraction of sp³-hybridized carbons (Fsp3) is 0.933. The predicted octanol–water partition coefficient (Wildman–Crippen LogP) is 2.82. The minimum absolute atomic E-state index is 0.109. The van der Waals surface area contributed by atoms with Gasteiger partial charge in [-0.2, -0.15) is 0 Å². The van der Waals surface area contributed by atoms with E-state index in [1.807, 2.05) is 0 Å². The van der Waals surface area contributed by atoms with Crippen LogP contribution in [0.25, 0.3) is 0 Å². The Morgan fingerprint density at radius 1 is 1.28 bits per heavy atom. The normalized spacial score (nSPS) is 49.1. The van der Waals surface area contributed by atoms with Crippen molar-refractivity contribution in [2.24, 2.45) is 22.7 Å². The van der Waals surface area contributed by atoms with Gasteiger partial charge < -0.3 is 10.2 Å². The van der Waals surface area contributed by atoms with Gasteiger partial charge in [0.25, 0.3) is 0 Å². The van der Waals surface area contributed by atoms with Gasteiger partial charge in [-0.3, -0.25) is 4.79 Å². The highest BCUT2D eigenvalue weighted by Gasteiger charge is 2.61. The lowest BCUT2D eigenvalue weighted by atomic mass is 9.41. The molecule has 0 radical (unpaired) electrons. The number of rotatable bonds is 3. The van der Waals surface area contributed by atoms with E-state index in [2.05, 4.69) is 6.92 Å². The zero-order valence-electron chi connectivity index (χ0n) is 11.4. The molecule has 4 aliphatic rings. The highest BCUT2D eigenvalue weighted by atomic mass is 16.4. The minimum atomic E-state index is -1.04. The van der Waals surface area contributed by atoms with Crippen LogP contribution in [-0.4, -0.2) is 21.8 Å². The zero-order chi connectivity index (χ0) is 13.2.